The molecule has 0 saturated carbocycles. The zero-order valence-electron chi connectivity index (χ0n) is 17.8. The Kier molecular flexibility index (Phi) is 22.0. The lowest BCUT2D eigenvalue weighted by Gasteiger charge is -2.06. The molecule has 0 rings (SSSR count). The molecule has 146 valence electrons. The van der Waals surface area contributed by atoms with Crippen molar-refractivity contribution in [2.45, 2.75) is 119 Å². The highest BCUT2D eigenvalue weighted by Gasteiger charge is 1.97. The molecule has 0 spiro atoms. The van der Waals surface area contributed by atoms with Crippen molar-refractivity contribution in [2.75, 3.05) is 6.54 Å². The van der Waals surface area contributed by atoms with Crippen LogP contribution in [0.15, 0.2) is 0 Å². The number of amides is 1. The van der Waals surface area contributed by atoms with Crippen LogP contribution in [-0.2, 0) is 4.79 Å². The molecule has 0 aliphatic heterocycles. The van der Waals surface area contributed by atoms with Gasteiger partial charge >= 0.3 is 0 Å². The highest BCUT2D eigenvalue weighted by atomic mass is 16.1. The van der Waals surface area contributed by atoms with Crippen molar-refractivity contribution in [3.8, 4) is 0 Å². The van der Waals surface area contributed by atoms with Crippen LogP contribution < -0.4 is 5.32 Å². The van der Waals surface area contributed by atoms with E-state index in [4.69, 9.17) is 0 Å². The summed E-state index contributed by atoms with van der Waals surface area (Å²) >= 11 is 0. The number of unbranched alkanes of at least 4 members (excludes halogenated alkanes) is 7. The minimum absolute atomic E-state index is 0.0878. The number of carbonyl (C=O) groups is 1. The summed E-state index contributed by atoms with van der Waals surface area (Å²) in [5.41, 5.74) is 0. The molecule has 1 atom stereocenters. The predicted octanol–water partition coefficient (Wildman–Crippen LogP) is 7.12. The number of hydrogen-bond donors (Lipinski definition) is 1. The molecule has 0 aliphatic carbocycles. The number of carbonyl (C=O) groups excluding carboxylic acids is 1. The summed E-state index contributed by atoms with van der Waals surface area (Å²) in [6.45, 7) is 13.9. The quantitative estimate of drug-likeness (QED) is 0.335. The van der Waals surface area contributed by atoms with E-state index >= 15 is 0 Å². The van der Waals surface area contributed by atoms with E-state index in [9.17, 15) is 4.79 Å². The molecule has 1 amide bonds. The van der Waals surface area contributed by atoms with Crippen LogP contribution in [0.3, 0.4) is 0 Å². The van der Waals surface area contributed by atoms with Crippen LogP contribution in [0.5, 0.6) is 0 Å². The second kappa shape index (κ2) is 20.5. The van der Waals surface area contributed by atoms with Gasteiger partial charge in [-0.3, -0.25) is 4.79 Å². The molecule has 0 bridgehead atoms. The van der Waals surface area contributed by atoms with Crippen molar-refractivity contribution in [2.24, 2.45) is 11.8 Å². The van der Waals surface area contributed by atoms with Crippen LogP contribution in [0.25, 0.3) is 0 Å². The van der Waals surface area contributed by atoms with Gasteiger partial charge in [0.25, 0.3) is 0 Å². The fourth-order valence-corrected chi connectivity index (χ4v) is 2.60. The van der Waals surface area contributed by atoms with Gasteiger partial charge in [0.15, 0.2) is 0 Å². The predicted molar refractivity (Wildman–Crippen MR) is 109 cm³/mol. The maximum Gasteiger partial charge on any atom is 0.216 e. The van der Waals surface area contributed by atoms with Crippen LogP contribution in [0.2, 0.25) is 0 Å². The minimum Gasteiger partial charge on any atom is -0.356 e. The molecular weight excluding hydrogens is 294 g/mol. The third kappa shape index (κ3) is 26.4. The number of rotatable bonds is 14. The number of hydrogen-bond acceptors (Lipinski definition) is 1. The smallest absolute Gasteiger partial charge is 0.216 e. The standard InChI is InChI=1S/C12H25NO.C10H22/c1-11(2)9-7-5-4-6-8-10-13-12(3)14;1-4-6-7-8-9-10(3)5-2/h11H,4-10H2,1-3H3,(H,13,14);10H,4-9H2,1-3H3. The molecule has 2 heteroatoms. The topological polar surface area (TPSA) is 29.1 Å². The molecule has 0 fully saturated rings. The molecule has 2 nitrogen and oxygen atoms in total. The van der Waals surface area contributed by atoms with E-state index in [1.807, 2.05) is 0 Å². The lowest BCUT2D eigenvalue weighted by Crippen LogP contribution is -2.20. The monoisotopic (exact) mass is 341 g/mol. The summed E-state index contributed by atoms with van der Waals surface area (Å²) in [7, 11) is 0. The van der Waals surface area contributed by atoms with Crippen molar-refractivity contribution >= 4 is 5.91 Å². The van der Waals surface area contributed by atoms with Gasteiger partial charge in [0.1, 0.15) is 0 Å². The summed E-state index contributed by atoms with van der Waals surface area (Å²) in [5.74, 6) is 1.89. The first-order valence-corrected chi connectivity index (χ1v) is 10.7. The zero-order chi connectivity index (χ0) is 18.6. The summed E-state index contributed by atoms with van der Waals surface area (Å²) < 4.78 is 0. The van der Waals surface area contributed by atoms with Gasteiger partial charge in [0.2, 0.25) is 5.91 Å². The SMILES string of the molecule is CC(=O)NCCCCCCCC(C)C.CCCCCCC(C)CC. The maximum absolute atomic E-state index is 10.5. The summed E-state index contributed by atoms with van der Waals surface area (Å²) in [6, 6.07) is 0. The Morgan fingerprint density at radius 2 is 1.33 bits per heavy atom. The molecular formula is C22H47NO. The lowest BCUT2D eigenvalue weighted by molar-refractivity contribution is -0.118. The van der Waals surface area contributed by atoms with Gasteiger partial charge in [-0.2, -0.15) is 0 Å². The Labute approximate surface area is 153 Å². The zero-order valence-corrected chi connectivity index (χ0v) is 17.8. The Hall–Kier alpha value is -0.530. The molecule has 0 radical (unpaired) electrons. The molecule has 0 aromatic rings. The fourth-order valence-electron chi connectivity index (χ4n) is 2.60. The third-order valence-electron chi connectivity index (χ3n) is 4.58. The van der Waals surface area contributed by atoms with Crippen molar-refractivity contribution in [3.05, 3.63) is 0 Å². The first-order chi connectivity index (χ1) is 11.4. The highest BCUT2D eigenvalue weighted by molar-refractivity contribution is 5.72. The van der Waals surface area contributed by atoms with Gasteiger partial charge in [0.05, 0.1) is 0 Å². The Bertz CT molecular complexity index is 250. The normalized spacial score (nSPS) is 11.8. The largest absolute Gasteiger partial charge is 0.356 e. The van der Waals surface area contributed by atoms with Crippen molar-refractivity contribution < 1.29 is 4.79 Å². The summed E-state index contributed by atoms with van der Waals surface area (Å²) in [5, 5.41) is 2.82. The van der Waals surface area contributed by atoms with Crippen LogP contribution in [-0.4, -0.2) is 12.5 Å². The van der Waals surface area contributed by atoms with Gasteiger partial charge in [-0.15, -0.1) is 0 Å². The molecule has 0 saturated heterocycles. The van der Waals surface area contributed by atoms with E-state index in [1.165, 1.54) is 70.6 Å². The van der Waals surface area contributed by atoms with E-state index in [2.05, 4.69) is 39.9 Å². The van der Waals surface area contributed by atoms with E-state index < -0.39 is 0 Å². The second-order valence-electron chi connectivity index (χ2n) is 7.80. The maximum atomic E-state index is 10.5. The van der Waals surface area contributed by atoms with E-state index in [0.717, 1.165) is 24.8 Å². The van der Waals surface area contributed by atoms with E-state index in [0.29, 0.717) is 0 Å². The first kappa shape index (κ1) is 25.7. The van der Waals surface area contributed by atoms with E-state index in [1.54, 1.807) is 6.92 Å². The Morgan fingerprint density at radius 1 is 0.792 bits per heavy atom. The molecule has 1 unspecified atom stereocenters. The molecule has 1 N–H and O–H groups in total. The summed E-state index contributed by atoms with van der Waals surface area (Å²) in [6.07, 6.45) is 16.2. The van der Waals surface area contributed by atoms with Gasteiger partial charge < -0.3 is 5.32 Å². The van der Waals surface area contributed by atoms with Gasteiger partial charge in [-0.05, 0) is 18.3 Å². The van der Waals surface area contributed by atoms with Gasteiger partial charge in [-0.25, -0.2) is 0 Å². The second-order valence-corrected chi connectivity index (χ2v) is 7.80. The Balaban J connectivity index is 0. The first-order valence-electron chi connectivity index (χ1n) is 10.7. The third-order valence-corrected chi connectivity index (χ3v) is 4.58. The van der Waals surface area contributed by atoms with Crippen LogP contribution >= 0.6 is 0 Å². The molecule has 24 heavy (non-hydrogen) atoms. The van der Waals surface area contributed by atoms with Crippen LogP contribution in [0, 0.1) is 11.8 Å². The van der Waals surface area contributed by atoms with Crippen molar-refractivity contribution in [1.29, 1.82) is 0 Å². The number of nitrogens with one attached hydrogen (secondary N) is 1. The van der Waals surface area contributed by atoms with Crippen molar-refractivity contribution in [1.82, 2.24) is 5.32 Å². The van der Waals surface area contributed by atoms with E-state index in [-0.39, 0.29) is 5.91 Å². The highest BCUT2D eigenvalue weighted by Crippen LogP contribution is 2.12. The summed E-state index contributed by atoms with van der Waals surface area (Å²) in [4.78, 5) is 10.5. The molecule has 0 aromatic carbocycles. The molecule has 0 heterocycles. The lowest BCUT2D eigenvalue weighted by atomic mass is 10.0. The minimum atomic E-state index is 0.0878. The Morgan fingerprint density at radius 3 is 1.88 bits per heavy atom. The molecule has 0 aromatic heterocycles. The average Bonchev–Trinajstić information content (AvgIpc) is 2.54. The van der Waals surface area contributed by atoms with Crippen LogP contribution in [0.4, 0.5) is 0 Å². The average molecular weight is 342 g/mol. The van der Waals surface area contributed by atoms with Crippen molar-refractivity contribution in [3.63, 3.8) is 0 Å². The van der Waals surface area contributed by atoms with Gasteiger partial charge in [-0.1, -0.05) is 105 Å². The molecule has 0 aliphatic rings. The van der Waals surface area contributed by atoms with Gasteiger partial charge in [0, 0.05) is 13.5 Å². The fraction of sp³-hybridized carbons (Fsp3) is 0.955. The van der Waals surface area contributed by atoms with Crippen LogP contribution in [0.1, 0.15) is 119 Å².